The van der Waals surface area contributed by atoms with Crippen molar-refractivity contribution in [2.75, 3.05) is 0 Å². The molecule has 0 amide bonds. The van der Waals surface area contributed by atoms with Gasteiger partial charge in [0.1, 0.15) is 6.29 Å². The van der Waals surface area contributed by atoms with Crippen LogP contribution in [-0.2, 0) is 11.2 Å². The van der Waals surface area contributed by atoms with Gasteiger partial charge in [-0.15, -0.1) is 0 Å². The van der Waals surface area contributed by atoms with Crippen molar-refractivity contribution in [2.24, 2.45) is 0 Å². The van der Waals surface area contributed by atoms with E-state index in [0.717, 1.165) is 30.3 Å². The first-order valence-electron chi connectivity index (χ1n) is 4.66. The van der Waals surface area contributed by atoms with Crippen LogP contribution >= 0.6 is 11.6 Å². The second-order valence-corrected chi connectivity index (χ2v) is 4.00. The van der Waals surface area contributed by atoms with Crippen LogP contribution in [0.1, 0.15) is 23.1 Å². The SMILES string of the molecule is Cc1ccc2c(c1)C(Cl)=C(C=O)CC2. The van der Waals surface area contributed by atoms with Gasteiger partial charge in [-0.05, 0) is 30.9 Å². The number of carbonyl (C=O) groups is 1. The minimum Gasteiger partial charge on any atom is -0.298 e. The maximum absolute atomic E-state index is 10.7. The molecule has 0 heterocycles. The Morgan fingerprint density at radius 3 is 2.86 bits per heavy atom. The van der Waals surface area contributed by atoms with E-state index in [4.69, 9.17) is 11.6 Å². The summed E-state index contributed by atoms with van der Waals surface area (Å²) in [5.74, 6) is 0. The highest BCUT2D eigenvalue weighted by Gasteiger charge is 2.16. The average Bonchev–Trinajstić information content (AvgIpc) is 2.20. The van der Waals surface area contributed by atoms with Crippen molar-refractivity contribution in [3.8, 4) is 0 Å². The number of hydrogen-bond donors (Lipinski definition) is 0. The van der Waals surface area contributed by atoms with E-state index in [0.29, 0.717) is 5.03 Å². The number of benzene rings is 1. The quantitative estimate of drug-likeness (QED) is 0.646. The van der Waals surface area contributed by atoms with Crippen LogP contribution in [0.3, 0.4) is 0 Å². The Morgan fingerprint density at radius 1 is 1.36 bits per heavy atom. The van der Waals surface area contributed by atoms with Gasteiger partial charge in [0.15, 0.2) is 0 Å². The van der Waals surface area contributed by atoms with Crippen molar-refractivity contribution in [1.29, 1.82) is 0 Å². The predicted molar refractivity (Wildman–Crippen MR) is 58.3 cm³/mol. The van der Waals surface area contributed by atoms with Crippen molar-refractivity contribution < 1.29 is 4.79 Å². The third-order valence-corrected chi connectivity index (χ3v) is 3.04. The van der Waals surface area contributed by atoms with Crippen LogP contribution in [-0.4, -0.2) is 6.29 Å². The second-order valence-electron chi connectivity index (χ2n) is 3.62. The average molecular weight is 207 g/mol. The Kier molecular flexibility index (Phi) is 2.42. The molecule has 2 heteroatoms. The van der Waals surface area contributed by atoms with Gasteiger partial charge in [0.25, 0.3) is 0 Å². The molecule has 0 atom stereocenters. The van der Waals surface area contributed by atoms with Crippen molar-refractivity contribution in [3.05, 3.63) is 40.5 Å². The van der Waals surface area contributed by atoms with Crippen molar-refractivity contribution in [2.45, 2.75) is 19.8 Å². The largest absolute Gasteiger partial charge is 0.298 e. The Hall–Kier alpha value is -1.08. The molecule has 2 rings (SSSR count). The smallest absolute Gasteiger partial charge is 0.147 e. The lowest BCUT2D eigenvalue weighted by molar-refractivity contribution is -0.105. The van der Waals surface area contributed by atoms with Crippen molar-refractivity contribution >= 4 is 22.9 Å². The zero-order valence-electron chi connectivity index (χ0n) is 8.01. The third-order valence-electron chi connectivity index (χ3n) is 2.59. The molecule has 1 aliphatic carbocycles. The molecule has 0 radical (unpaired) electrons. The van der Waals surface area contributed by atoms with Crippen molar-refractivity contribution in [3.63, 3.8) is 0 Å². The summed E-state index contributed by atoms with van der Waals surface area (Å²) < 4.78 is 0. The molecule has 0 bridgehead atoms. The van der Waals surface area contributed by atoms with Crippen LogP contribution in [0, 0.1) is 6.92 Å². The molecule has 14 heavy (non-hydrogen) atoms. The standard InChI is InChI=1S/C12H11ClO/c1-8-2-3-9-4-5-10(7-14)12(13)11(9)6-8/h2-3,6-7H,4-5H2,1H3. The molecule has 0 spiro atoms. The van der Waals surface area contributed by atoms with Crippen LogP contribution in [0.4, 0.5) is 0 Å². The van der Waals surface area contributed by atoms with Crippen molar-refractivity contribution in [1.82, 2.24) is 0 Å². The van der Waals surface area contributed by atoms with Gasteiger partial charge in [0.2, 0.25) is 0 Å². The lowest BCUT2D eigenvalue weighted by atomic mass is 9.91. The van der Waals surface area contributed by atoms with Crippen LogP contribution in [0.2, 0.25) is 0 Å². The number of hydrogen-bond acceptors (Lipinski definition) is 1. The molecule has 0 fully saturated rings. The Balaban J connectivity index is 2.60. The molecule has 0 saturated heterocycles. The van der Waals surface area contributed by atoms with E-state index in [-0.39, 0.29) is 0 Å². The Morgan fingerprint density at radius 2 is 2.14 bits per heavy atom. The van der Waals surface area contributed by atoms with Gasteiger partial charge in [-0.2, -0.15) is 0 Å². The van der Waals surface area contributed by atoms with Gasteiger partial charge in [-0.25, -0.2) is 0 Å². The molecule has 0 unspecified atom stereocenters. The summed E-state index contributed by atoms with van der Waals surface area (Å²) in [6, 6.07) is 6.21. The minimum atomic E-state index is 0.630. The van der Waals surface area contributed by atoms with Gasteiger partial charge in [0, 0.05) is 5.57 Å². The highest BCUT2D eigenvalue weighted by molar-refractivity contribution is 6.50. The monoisotopic (exact) mass is 206 g/mol. The number of aryl methyl sites for hydroxylation is 2. The normalized spacial score (nSPS) is 15.3. The van der Waals surface area contributed by atoms with E-state index in [2.05, 4.69) is 12.1 Å². The van der Waals surface area contributed by atoms with Crippen LogP contribution in [0.5, 0.6) is 0 Å². The van der Waals surface area contributed by atoms with Gasteiger partial charge in [-0.3, -0.25) is 4.79 Å². The number of allylic oxidation sites excluding steroid dienone is 1. The topological polar surface area (TPSA) is 17.1 Å². The van der Waals surface area contributed by atoms with Gasteiger partial charge in [-0.1, -0.05) is 35.4 Å². The summed E-state index contributed by atoms with van der Waals surface area (Å²) >= 11 is 6.13. The summed E-state index contributed by atoms with van der Waals surface area (Å²) in [7, 11) is 0. The predicted octanol–water partition coefficient (Wildman–Crippen LogP) is 3.09. The van der Waals surface area contributed by atoms with E-state index in [1.807, 2.05) is 13.0 Å². The first kappa shape index (κ1) is 9.47. The molecular weight excluding hydrogens is 196 g/mol. The van der Waals surface area contributed by atoms with E-state index in [9.17, 15) is 4.79 Å². The van der Waals surface area contributed by atoms with E-state index >= 15 is 0 Å². The lowest BCUT2D eigenvalue weighted by Crippen LogP contribution is -2.03. The number of carbonyl (C=O) groups excluding carboxylic acids is 1. The molecule has 1 aromatic carbocycles. The lowest BCUT2D eigenvalue weighted by Gasteiger charge is -2.17. The zero-order valence-corrected chi connectivity index (χ0v) is 8.77. The molecule has 0 aliphatic heterocycles. The fourth-order valence-corrected chi connectivity index (χ4v) is 2.09. The molecule has 1 aromatic rings. The molecule has 0 N–H and O–H groups in total. The summed E-state index contributed by atoms with van der Waals surface area (Å²) in [5, 5.41) is 0.630. The first-order chi connectivity index (χ1) is 6.72. The third kappa shape index (κ3) is 1.48. The highest BCUT2D eigenvalue weighted by Crippen LogP contribution is 2.33. The molecule has 1 aliphatic rings. The number of rotatable bonds is 1. The minimum absolute atomic E-state index is 0.630. The van der Waals surface area contributed by atoms with E-state index < -0.39 is 0 Å². The molecule has 0 saturated carbocycles. The van der Waals surface area contributed by atoms with Gasteiger partial charge >= 0.3 is 0 Å². The maximum Gasteiger partial charge on any atom is 0.147 e. The number of halogens is 1. The second kappa shape index (κ2) is 3.58. The maximum atomic E-state index is 10.7. The summed E-state index contributed by atoms with van der Waals surface area (Å²) in [6.45, 7) is 2.03. The zero-order chi connectivity index (χ0) is 10.1. The first-order valence-corrected chi connectivity index (χ1v) is 5.04. The fourth-order valence-electron chi connectivity index (χ4n) is 1.78. The highest BCUT2D eigenvalue weighted by atomic mass is 35.5. The van der Waals surface area contributed by atoms with Gasteiger partial charge < -0.3 is 0 Å². The molecule has 1 nitrogen and oxygen atoms in total. The van der Waals surface area contributed by atoms with Gasteiger partial charge in [0.05, 0.1) is 5.03 Å². The number of aldehydes is 1. The molecular formula is C12H11ClO. The van der Waals surface area contributed by atoms with E-state index in [1.165, 1.54) is 11.1 Å². The Bertz CT molecular complexity index is 418. The molecule has 72 valence electrons. The molecule has 0 aromatic heterocycles. The van der Waals surface area contributed by atoms with Crippen LogP contribution < -0.4 is 0 Å². The summed E-state index contributed by atoms with van der Waals surface area (Å²) in [4.78, 5) is 10.7. The number of fused-ring (bicyclic) bond motifs is 1. The summed E-state index contributed by atoms with van der Waals surface area (Å²) in [6.07, 6.45) is 2.55. The fraction of sp³-hybridized carbons (Fsp3) is 0.250. The van der Waals surface area contributed by atoms with Crippen LogP contribution in [0.15, 0.2) is 23.8 Å². The summed E-state index contributed by atoms with van der Waals surface area (Å²) in [5.41, 5.74) is 4.17. The van der Waals surface area contributed by atoms with Crippen LogP contribution in [0.25, 0.3) is 5.03 Å². The van der Waals surface area contributed by atoms with E-state index in [1.54, 1.807) is 0 Å². The Labute approximate surface area is 88.4 Å².